The van der Waals surface area contributed by atoms with Crippen LogP contribution in [0.2, 0.25) is 0 Å². The van der Waals surface area contributed by atoms with Gasteiger partial charge in [-0.15, -0.1) is 0 Å². The molecule has 34 heavy (non-hydrogen) atoms. The van der Waals surface area contributed by atoms with Gasteiger partial charge in [-0.2, -0.15) is 0 Å². The highest BCUT2D eigenvalue weighted by Gasteiger charge is 2.46. The van der Waals surface area contributed by atoms with E-state index in [1.165, 1.54) is 4.90 Å². The molecule has 0 bridgehead atoms. The zero-order valence-corrected chi connectivity index (χ0v) is 19.5. The van der Waals surface area contributed by atoms with E-state index in [-0.39, 0.29) is 32.8 Å². The summed E-state index contributed by atoms with van der Waals surface area (Å²) < 4.78 is 16.4. The average molecular weight is 466 g/mol. The monoisotopic (exact) mass is 465 g/mol. The van der Waals surface area contributed by atoms with Crippen LogP contribution >= 0.6 is 0 Å². The largest absolute Gasteiger partial charge is 0.465 e. The first-order valence-electron chi connectivity index (χ1n) is 11.5. The molecule has 1 aliphatic rings. The van der Waals surface area contributed by atoms with E-state index in [0.717, 1.165) is 17.5 Å². The molecule has 0 saturated carbocycles. The van der Waals surface area contributed by atoms with Crippen LogP contribution in [0.4, 0.5) is 4.79 Å². The van der Waals surface area contributed by atoms with Crippen LogP contribution in [0.3, 0.4) is 0 Å². The number of rotatable bonds is 9. The lowest BCUT2D eigenvalue weighted by Gasteiger charge is -2.38. The molecule has 0 unspecified atom stereocenters. The number of piperidine rings is 1. The Morgan fingerprint density at radius 1 is 0.882 bits per heavy atom. The Morgan fingerprint density at radius 2 is 1.47 bits per heavy atom. The van der Waals surface area contributed by atoms with Crippen molar-refractivity contribution in [3.63, 3.8) is 0 Å². The third-order valence-electron chi connectivity index (χ3n) is 5.57. The molecule has 3 rings (SSSR count). The van der Waals surface area contributed by atoms with Crippen molar-refractivity contribution >= 4 is 18.0 Å². The number of carbonyl (C=O) groups excluding carboxylic acids is 3. The van der Waals surface area contributed by atoms with E-state index in [1.807, 2.05) is 67.6 Å². The minimum absolute atomic E-state index is 0.0294. The maximum Gasteiger partial charge on any atom is 0.411 e. The summed E-state index contributed by atoms with van der Waals surface area (Å²) in [5.74, 6) is -2.13. The lowest BCUT2D eigenvalue weighted by Crippen LogP contribution is -2.56. The highest BCUT2D eigenvalue weighted by atomic mass is 16.6. The summed E-state index contributed by atoms with van der Waals surface area (Å²) in [6.07, 6.45) is 1.10. The zero-order chi connectivity index (χ0) is 24.3. The first-order valence-corrected chi connectivity index (χ1v) is 11.5. The highest BCUT2D eigenvalue weighted by molar-refractivity contribution is 5.89. The number of hydrogen-bond acceptors (Lipinski definition) is 6. The molecule has 0 radical (unpaired) electrons. The van der Waals surface area contributed by atoms with E-state index in [0.29, 0.717) is 12.0 Å². The van der Waals surface area contributed by atoms with Gasteiger partial charge in [-0.25, -0.2) is 9.59 Å². The Balaban J connectivity index is 1.77. The summed E-state index contributed by atoms with van der Waals surface area (Å²) in [5.41, 5.74) is 2.25. The first-order chi connectivity index (χ1) is 16.5. The summed E-state index contributed by atoms with van der Waals surface area (Å²) in [4.78, 5) is 40.4. The summed E-state index contributed by atoms with van der Waals surface area (Å²) >= 11 is 0. The lowest BCUT2D eigenvalue weighted by atomic mass is 9.87. The lowest BCUT2D eigenvalue weighted by molar-refractivity contribution is -0.163. The summed E-state index contributed by atoms with van der Waals surface area (Å²) in [7, 11) is 0. The number of amides is 1. The van der Waals surface area contributed by atoms with Crippen molar-refractivity contribution in [2.24, 2.45) is 5.92 Å². The summed E-state index contributed by atoms with van der Waals surface area (Å²) in [6, 6.07) is 17.3. The number of nitrogens with zero attached hydrogens (tertiary/aromatic N) is 1. The number of hydrogen-bond donors (Lipinski definition) is 0. The van der Waals surface area contributed by atoms with Crippen molar-refractivity contribution in [1.82, 2.24) is 4.90 Å². The molecule has 0 spiro atoms. The second-order valence-electron chi connectivity index (χ2n) is 8.29. The fourth-order valence-corrected chi connectivity index (χ4v) is 3.77. The normalized spacial score (nSPS) is 17.7. The number of carbonyl (C=O) groups is 3. The predicted molar refractivity (Wildman–Crippen MR) is 126 cm³/mol. The molecule has 2 atom stereocenters. The fraction of sp³-hybridized carbons (Fsp3) is 0.370. The third kappa shape index (κ3) is 6.94. The average Bonchev–Trinajstić information content (AvgIpc) is 2.86. The van der Waals surface area contributed by atoms with E-state index in [1.54, 1.807) is 0 Å². The Hall–Kier alpha value is -3.61. The molecule has 0 aromatic heterocycles. The van der Waals surface area contributed by atoms with Gasteiger partial charge in [0.1, 0.15) is 19.3 Å². The van der Waals surface area contributed by atoms with Crippen LogP contribution in [0.15, 0.2) is 72.8 Å². The second-order valence-corrected chi connectivity index (χ2v) is 8.29. The third-order valence-corrected chi connectivity index (χ3v) is 5.57. The van der Waals surface area contributed by atoms with E-state index >= 15 is 0 Å². The molecule has 1 heterocycles. The SMILES string of the molecule is C=C1C[C@H](C(=O)OCCCC)[C@@H](C(=O)OCc2ccccc2)N(C(=O)OCc2ccccc2)C1. The van der Waals surface area contributed by atoms with Crippen LogP contribution in [0.1, 0.15) is 37.3 Å². The Bertz CT molecular complexity index is 975. The van der Waals surface area contributed by atoms with E-state index < -0.39 is 30.0 Å². The number of unbranched alkanes of at least 4 members (excludes halogenated alkanes) is 1. The van der Waals surface area contributed by atoms with Crippen LogP contribution in [0, 0.1) is 5.92 Å². The van der Waals surface area contributed by atoms with Gasteiger partial charge in [-0.05, 0) is 24.0 Å². The van der Waals surface area contributed by atoms with Gasteiger partial charge in [0.25, 0.3) is 0 Å². The van der Waals surface area contributed by atoms with Crippen LogP contribution in [-0.2, 0) is 37.0 Å². The van der Waals surface area contributed by atoms with Crippen molar-refractivity contribution < 1.29 is 28.6 Å². The minimum atomic E-state index is -1.16. The van der Waals surface area contributed by atoms with E-state index in [2.05, 4.69) is 6.58 Å². The van der Waals surface area contributed by atoms with Gasteiger partial charge >= 0.3 is 18.0 Å². The Kier molecular flexibility index (Phi) is 9.26. The maximum absolute atomic E-state index is 13.2. The molecule has 7 heteroatoms. The Labute approximate surface area is 200 Å². The van der Waals surface area contributed by atoms with Gasteiger partial charge in [-0.3, -0.25) is 9.69 Å². The molecular formula is C27H31NO6. The van der Waals surface area contributed by atoms with Crippen molar-refractivity contribution in [2.75, 3.05) is 13.2 Å². The van der Waals surface area contributed by atoms with Crippen molar-refractivity contribution in [2.45, 2.75) is 45.4 Å². The maximum atomic E-state index is 13.2. The van der Waals surface area contributed by atoms with Gasteiger partial charge in [-0.1, -0.05) is 86.2 Å². The standard InChI is InChI=1S/C27H31NO6/c1-3-4-15-32-25(29)23-16-20(2)17-28(27(31)34-19-22-13-9-6-10-14-22)24(23)26(30)33-18-21-11-7-5-8-12-21/h5-14,23-24H,2-4,15-19H2,1H3/t23-,24-/m0/s1. The molecule has 1 fully saturated rings. The number of esters is 2. The zero-order valence-electron chi connectivity index (χ0n) is 19.5. The molecule has 180 valence electrons. The molecule has 0 N–H and O–H groups in total. The van der Waals surface area contributed by atoms with Gasteiger partial charge in [0.2, 0.25) is 0 Å². The van der Waals surface area contributed by atoms with Crippen molar-refractivity contribution in [3.8, 4) is 0 Å². The second kappa shape index (κ2) is 12.6. The molecule has 1 amide bonds. The summed E-state index contributed by atoms with van der Waals surface area (Å²) in [5, 5.41) is 0. The van der Waals surface area contributed by atoms with E-state index in [9.17, 15) is 14.4 Å². The predicted octanol–water partition coefficient (Wildman–Crippen LogP) is 4.66. The van der Waals surface area contributed by atoms with Gasteiger partial charge in [0.15, 0.2) is 0 Å². The first kappa shape index (κ1) is 25.0. The van der Waals surface area contributed by atoms with Gasteiger partial charge in [0.05, 0.1) is 12.5 Å². The van der Waals surface area contributed by atoms with Crippen molar-refractivity contribution in [1.29, 1.82) is 0 Å². The quantitative estimate of drug-likeness (QED) is 0.232. The molecule has 2 aromatic rings. The van der Waals surface area contributed by atoms with Crippen LogP contribution < -0.4 is 0 Å². The fourth-order valence-electron chi connectivity index (χ4n) is 3.77. The van der Waals surface area contributed by atoms with E-state index in [4.69, 9.17) is 14.2 Å². The highest BCUT2D eigenvalue weighted by Crippen LogP contribution is 2.30. The minimum Gasteiger partial charge on any atom is -0.465 e. The number of ether oxygens (including phenoxy) is 3. The number of benzene rings is 2. The smallest absolute Gasteiger partial charge is 0.411 e. The van der Waals surface area contributed by atoms with Crippen molar-refractivity contribution in [3.05, 3.63) is 83.9 Å². The Morgan fingerprint density at radius 3 is 2.06 bits per heavy atom. The van der Waals surface area contributed by atoms with Gasteiger partial charge in [0, 0.05) is 6.54 Å². The molecular weight excluding hydrogens is 434 g/mol. The topological polar surface area (TPSA) is 82.1 Å². The van der Waals surface area contributed by atoms with Gasteiger partial charge < -0.3 is 14.2 Å². The van der Waals surface area contributed by atoms with Crippen LogP contribution in [0.25, 0.3) is 0 Å². The molecule has 7 nitrogen and oxygen atoms in total. The molecule has 1 saturated heterocycles. The molecule has 1 aliphatic heterocycles. The van der Waals surface area contributed by atoms with Crippen LogP contribution in [-0.4, -0.2) is 42.1 Å². The summed E-state index contributed by atoms with van der Waals surface area (Å²) in [6.45, 7) is 6.38. The molecule has 2 aromatic carbocycles. The van der Waals surface area contributed by atoms with Crippen LogP contribution in [0.5, 0.6) is 0 Å². The molecule has 0 aliphatic carbocycles. The number of likely N-dealkylation sites (tertiary alicyclic amines) is 1.